The van der Waals surface area contributed by atoms with Crippen molar-refractivity contribution in [3.8, 4) is 5.88 Å². The second kappa shape index (κ2) is 10.1. The van der Waals surface area contributed by atoms with Gasteiger partial charge in [0.05, 0.1) is 18.6 Å². The van der Waals surface area contributed by atoms with Gasteiger partial charge in [-0.05, 0) is 37.3 Å². The molecule has 0 bridgehead atoms. The highest BCUT2D eigenvalue weighted by atomic mass is 19.4. The highest BCUT2D eigenvalue weighted by molar-refractivity contribution is 5.93. The van der Waals surface area contributed by atoms with E-state index in [1.807, 2.05) is 0 Å². The maximum absolute atomic E-state index is 14.7. The third-order valence-electron chi connectivity index (χ3n) is 6.52. The Labute approximate surface area is 204 Å². The Morgan fingerprint density at radius 3 is 2.61 bits per heavy atom. The summed E-state index contributed by atoms with van der Waals surface area (Å²) in [7, 11) is 0. The van der Waals surface area contributed by atoms with Crippen LogP contribution in [0.5, 0.6) is 5.88 Å². The summed E-state index contributed by atoms with van der Waals surface area (Å²) in [6.45, 7) is 1.87. The van der Waals surface area contributed by atoms with E-state index in [0.29, 0.717) is 18.4 Å². The molecular formula is C23H26F5N5O3. The van der Waals surface area contributed by atoms with Gasteiger partial charge in [-0.1, -0.05) is 12.2 Å². The number of piperidine rings is 1. The summed E-state index contributed by atoms with van der Waals surface area (Å²) in [6.07, 6.45) is -0.277. The number of ether oxygens (including phenoxy) is 1. The molecule has 2 fully saturated rings. The first kappa shape index (κ1) is 26.0. The lowest BCUT2D eigenvalue weighted by molar-refractivity contribution is -0.171. The monoisotopic (exact) mass is 515 g/mol. The average Bonchev–Trinajstić information content (AvgIpc) is 3.67. The zero-order chi connectivity index (χ0) is 26.1. The van der Waals surface area contributed by atoms with Crippen molar-refractivity contribution in [2.24, 2.45) is 11.8 Å². The molecule has 3 atom stereocenters. The van der Waals surface area contributed by atoms with E-state index in [9.17, 15) is 31.5 Å². The van der Waals surface area contributed by atoms with Crippen LogP contribution in [0, 0.1) is 11.8 Å². The molecule has 36 heavy (non-hydrogen) atoms. The van der Waals surface area contributed by atoms with Crippen LogP contribution >= 0.6 is 0 Å². The van der Waals surface area contributed by atoms with Gasteiger partial charge >= 0.3 is 6.18 Å². The van der Waals surface area contributed by atoms with Crippen LogP contribution in [-0.4, -0.2) is 70.7 Å². The van der Waals surface area contributed by atoms with Crippen molar-refractivity contribution in [1.82, 2.24) is 20.4 Å². The minimum Gasteiger partial charge on any atom is -0.476 e. The molecular weight excluding hydrogens is 489 g/mol. The van der Waals surface area contributed by atoms with Gasteiger partial charge in [-0.15, -0.1) is 10.2 Å². The molecule has 2 unspecified atom stereocenters. The summed E-state index contributed by atoms with van der Waals surface area (Å²) in [4.78, 5) is 25.7. The number of carbonyl (C=O) groups is 2. The van der Waals surface area contributed by atoms with Crippen LogP contribution in [0.1, 0.15) is 26.2 Å². The van der Waals surface area contributed by atoms with E-state index in [0.717, 1.165) is 31.2 Å². The third kappa shape index (κ3) is 6.18. The van der Waals surface area contributed by atoms with Crippen molar-refractivity contribution in [3.63, 3.8) is 0 Å². The Kier molecular flexibility index (Phi) is 7.30. The molecule has 8 nitrogen and oxygen atoms in total. The summed E-state index contributed by atoms with van der Waals surface area (Å²) < 4.78 is 72.9. The predicted molar refractivity (Wildman–Crippen MR) is 118 cm³/mol. The van der Waals surface area contributed by atoms with Gasteiger partial charge in [-0.25, -0.2) is 8.78 Å². The van der Waals surface area contributed by atoms with Crippen LogP contribution in [0.2, 0.25) is 0 Å². The van der Waals surface area contributed by atoms with Gasteiger partial charge in [0, 0.05) is 31.8 Å². The second-order valence-electron chi connectivity index (χ2n) is 9.24. The van der Waals surface area contributed by atoms with Crippen molar-refractivity contribution in [3.05, 3.63) is 36.1 Å². The van der Waals surface area contributed by atoms with E-state index < -0.39 is 48.2 Å². The first-order valence-electron chi connectivity index (χ1n) is 11.6. The van der Waals surface area contributed by atoms with Crippen LogP contribution in [-0.2, 0) is 9.59 Å². The predicted octanol–water partition coefficient (Wildman–Crippen LogP) is 3.09. The van der Waals surface area contributed by atoms with Crippen molar-refractivity contribution < 1.29 is 36.3 Å². The molecule has 1 aliphatic carbocycles. The molecule has 3 heterocycles. The van der Waals surface area contributed by atoms with Crippen LogP contribution < -0.4 is 15.4 Å². The Balaban J connectivity index is 1.35. The molecule has 13 heteroatoms. The molecule has 2 N–H and O–H groups in total. The molecule has 0 radical (unpaired) electrons. The molecule has 0 spiro atoms. The maximum atomic E-state index is 14.7. The number of rotatable bonds is 8. The summed E-state index contributed by atoms with van der Waals surface area (Å²) in [5.74, 6) is -5.93. The van der Waals surface area contributed by atoms with E-state index in [4.69, 9.17) is 4.74 Å². The second-order valence-corrected chi connectivity index (χ2v) is 9.24. The van der Waals surface area contributed by atoms with E-state index in [1.165, 1.54) is 6.07 Å². The fourth-order valence-corrected chi connectivity index (χ4v) is 4.03. The van der Waals surface area contributed by atoms with Crippen LogP contribution in [0.15, 0.2) is 36.1 Å². The number of ketones is 1. The summed E-state index contributed by atoms with van der Waals surface area (Å²) >= 11 is 0. The first-order chi connectivity index (χ1) is 16.9. The van der Waals surface area contributed by atoms with Gasteiger partial charge in [-0.3, -0.25) is 14.5 Å². The first-order valence-corrected chi connectivity index (χ1v) is 11.6. The number of nitrogens with zero attached hydrogens (tertiary/aromatic N) is 3. The number of dihydropyridines is 1. The number of hydrogen-bond acceptors (Lipinski definition) is 7. The van der Waals surface area contributed by atoms with Crippen molar-refractivity contribution in [2.45, 2.75) is 50.4 Å². The van der Waals surface area contributed by atoms with Crippen molar-refractivity contribution >= 4 is 17.5 Å². The van der Waals surface area contributed by atoms with Gasteiger partial charge in [-0.2, -0.15) is 13.2 Å². The minimum atomic E-state index is -5.05. The zero-order valence-electron chi connectivity index (χ0n) is 19.4. The van der Waals surface area contributed by atoms with E-state index >= 15 is 0 Å². The molecule has 3 aliphatic rings. The molecule has 1 aromatic heterocycles. The van der Waals surface area contributed by atoms with Crippen LogP contribution in [0.25, 0.3) is 0 Å². The Bertz CT molecular complexity index is 1040. The van der Waals surface area contributed by atoms with Gasteiger partial charge < -0.3 is 15.4 Å². The van der Waals surface area contributed by atoms with E-state index in [1.54, 1.807) is 17.9 Å². The van der Waals surface area contributed by atoms with Crippen molar-refractivity contribution in [1.29, 1.82) is 0 Å². The smallest absolute Gasteiger partial charge is 0.452 e. The number of hydrogen-bond donors (Lipinski definition) is 2. The number of anilines is 1. The van der Waals surface area contributed by atoms with Gasteiger partial charge in [0.1, 0.15) is 6.04 Å². The fourth-order valence-electron chi connectivity index (χ4n) is 4.03. The zero-order valence-corrected chi connectivity index (χ0v) is 19.4. The molecule has 2 aliphatic heterocycles. The SMILES string of the molecule is C[C@@H](C(=O)Nc1ccc(OCC2CC2)nn1)N1CCC(F)(F)C(C2=CNC(C(=O)C(F)(F)F)C=C2)C1. The van der Waals surface area contributed by atoms with E-state index in [2.05, 4.69) is 20.8 Å². The Hall–Kier alpha value is -3.09. The van der Waals surface area contributed by atoms with Gasteiger partial charge in [0.2, 0.25) is 11.8 Å². The number of likely N-dealkylation sites (tertiary alicyclic amines) is 1. The van der Waals surface area contributed by atoms with Crippen molar-refractivity contribution in [2.75, 3.05) is 25.0 Å². The lowest BCUT2D eigenvalue weighted by Crippen LogP contribution is -2.54. The highest BCUT2D eigenvalue weighted by Crippen LogP contribution is 2.39. The number of carbonyl (C=O) groups excluding carboxylic acids is 2. The number of aromatic nitrogens is 2. The standard InChI is InChI=1S/C23H26F5N5O3/c1-13(21(35)30-18-6-7-19(32-31-18)36-12-14-2-3-14)33-9-8-22(24,25)16(11-33)15-4-5-17(29-10-15)20(34)23(26,27)28/h4-7,10,13-14,16-17,29H,2-3,8-9,11-12H2,1H3,(H,30,31,35)/t13-,16?,17?/m0/s1. The number of Topliss-reactive ketones (excluding diaryl/α,β-unsaturated/α-hetero) is 1. The maximum Gasteiger partial charge on any atom is 0.452 e. The normalized spacial score (nSPS) is 24.9. The number of alkyl halides is 5. The van der Waals surface area contributed by atoms with E-state index in [-0.39, 0.29) is 24.5 Å². The largest absolute Gasteiger partial charge is 0.476 e. The Morgan fingerprint density at radius 1 is 1.28 bits per heavy atom. The molecule has 1 saturated heterocycles. The third-order valence-corrected chi connectivity index (χ3v) is 6.52. The molecule has 4 rings (SSSR count). The summed E-state index contributed by atoms with van der Waals surface area (Å²) in [5.41, 5.74) is 0.0520. The Morgan fingerprint density at radius 2 is 2.03 bits per heavy atom. The molecule has 1 aromatic rings. The fraction of sp³-hybridized carbons (Fsp3) is 0.565. The lowest BCUT2D eigenvalue weighted by Gasteiger charge is -2.41. The summed E-state index contributed by atoms with van der Waals surface area (Å²) in [6, 6.07) is 0.656. The molecule has 1 saturated carbocycles. The van der Waals surface area contributed by atoms with Gasteiger partial charge in [0.25, 0.3) is 11.7 Å². The number of allylic oxidation sites excluding steroid dienone is 1. The van der Waals surface area contributed by atoms with Crippen LogP contribution in [0.3, 0.4) is 0 Å². The quantitative estimate of drug-likeness (QED) is 0.514. The topological polar surface area (TPSA) is 96.4 Å². The number of halogens is 5. The average molecular weight is 515 g/mol. The van der Waals surface area contributed by atoms with Crippen LogP contribution in [0.4, 0.5) is 27.8 Å². The molecule has 1 amide bonds. The molecule has 0 aromatic carbocycles. The molecule has 196 valence electrons. The summed E-state index contributed by atoms with van der Waals surface area (Å²) in [5, 5.41) is 12.7. The number of nitrogens with one attached hydrogen (secondary N) is 2. The minimum absolute atomic E-state index is 0.0520. The lowest BCUT2D eigenvalue weighted by atomic mass is 9.85. The highest BCUT2D eigenvalue weighted by Gasteiger charge is 2.48. The number of amides is 1. The van der Waals surface area contributed by atoms with Gasteiger partial charge in [0.15, 0.2) is 5.82 Å².